The first-order valence-corrected chi connectivity index (χ1v) is 5.59. The number of rotatable bonds is 4. The molecule has 0 saturated carbocycles. The van der Waals surface area contributed by atoms with Crippen molar-refractivity contribution in [1.82, 2.24) is 20.3 Å². The van der Waals surface area contributed by atoms with Crippen molar-refractivity contribution in [2.24, 2.45) is 0 Å². The number of hydrogen-bond acceptors (Lipinski definition) is 5. The van der Waals surface area contributed by atoms with Crippen molar-refractivity contribution in [1.29, 1.82) is 0 Å². The van der Waals surface area contributed by atoms with Crippen LogP contribution in [0.5, 0.6) is 0 Å². The minimum atomic E-state index is 0.729. The number of aryl methyl sites for hydroxylation is 1. The maximum Gasteiger partial charge on any atom is 0.107 e. The Hall–Kier alpha value is -1.33. The fraction of sp³-hybridized carbons (Fsp3) is 0.300. The summed E-state index contributed by atoms with van der Waals surface area (Å²) in [6.45, 7) is 3.52. The van der Waals surface area contributed by atoms with Crippen molar-refractivity contribution >= 4 is 11.3 Å². The van der Waals surface area contributed by atoms with E-state index in [1.54, 1.807) is 29.9 Å². The number of hydrogen-bond donors (Lipinski definition) is 1. The van der Waals surface area contributed by atoms with Gasteiger partial charge >= 0.3 is 0 Å². The lowest BCUT2D eigenvalue weighted by molar-refractivity contribution is 0.673. The minimum absolute atomic E-state index is 0.729. The smallest absolute Gasteiger partial charge is 0.107 e. The van der Waals surface area contributed by atoms with Crippen LogP contribution in [-0.4, -0.2) is 15.0 Å². The Kier molecular flexibility index (Phi) is 3.37. The SMILES string of the molecule is Cc1csc(CNCc2cnccn2)n1. The molecule has 78 valence electrons. The molecule has 5 heteroatoms. The fourth-order valence-electron chi connectivity index (χ4n) is 1.20. The second-order valence-corrected chi connectivity index (χ2v) is 4.13. The topological polar surface area (TPSA) is 50.7 Å². The minimum Gasteiger partial charge on any atom is -0.305 e. The van der Waals surface area contributed by atoms with Gasteiger partial charge in [0.2, 0.25) is 0 Å². The summed E-state index contributed by atoms with van der Waals surface area (Å²) in [7, 11) is 0. The summed E-state index contributed by atoms with van der Waals surface area (Å²) < 4.78 is 0. The van der Waals surface area contributed by atoms with Crippen LogP contribution < -0.4 is 5.32 Å². The van der Waals surface area contributed by atoms with Crippen molar-refractivity contribution in [3.8, 4) is 0 Å². The zero-order valence-electron chi connectivity index (χ0n) is 8.47. The van der Waals surface area contributed by atoms with Crippen molar-refractivity contribution < 1.29 is 0 Å². The first-order valence-electron chi connectivity index (χ1n) is 4.71. The lowest BCUT2D eigenvalue weighted by Crippen LogP contribution is -2.13. The fourth-order valence-corrected chi connectivity index (χ4v) is 1.94. The summed E-state index contributed by atoms with van der Waals surface area (Å²) in [5, 5.41) is 6.44. The Balaban J connectivity index is 1.80. The van der Waals surface area contributed by atoms with Gasteiger partial charge in [0.25, 0.3) is 0 Å². The summed E-state index contributed by atoms with van der Waals surface area (Å²) in [4.78, 5) is 12.5. The van der Waals surface area contributed by atoms with Crippen LogP contribution in [0.15, 0.2) is 24.0 Å². The van der Waals surface area contributed by atoms with E-state index in [1.807, 2.05) is 6.92 Å². The van der Waals surface area contributed by atoms with E-state index in [0.717, 1.165) is 29.5 Å². The molecule has 1 N–H and O–H groups in total. The molecular formula is C10H12N4S. The van der Waals surface area contributed by atoms with Crippen LogP contribution in [-0.2, 0) is 13.1 Å². The van der Waals surface area contributed by atoms with Gasteiger partial charge in [0.05, 0.1) is 5.69 Å². The highest BCUT2D eigenvalue weighted by atomic mass is 32.1. The quantitative estimate of drug-likeness (QED) is 0.849. The molecular weight excluding hydrogens is 208 g/mol. The molecule has 0 unspecified atom stereocenters. The van der Waals surface area contributed by atoms with Crippen LogP contribution in [0.1, 0.15) is 16.4 Å². The first-order chi connectivity index (χ1) is 7.34. The van der Waals surface area contributed by atoms with E-state index in [2.05, 4.69) is 25.6 Å². The Morgan fingerprint density at radius 2 is 2.27 bits per heavy atom. The van der Waals surface area contributed by atoms with Crippen LogP contribution in [0, 0.1) is 6.92 Å². The second-order valence-electron chi connectivity index (χ2n) is 3.18. The molecule has 2 rings (SSSR count). The monoisotopic (exact) mass is 220 g/mol. The summed E-state index contributed by atoms with van der Waals surface area (Å²) in [6.07, 6.45) is 5.14. The maximum atomic E-state index is 4.36. The summed E-state index contributed by atoms with van der Waals surface area (Å²) in [6, 6.07) is 0. The number of thiazole rings is 1. The predicted molar refractivity (Wildman–Crippen MR) is 59.4 cm³/mol. The molecule has 2 aromatic heterocycles. The molecule has 0 saturated heterocycles. The van der Waals surface area contributed by atoms with Crippen LogP contribution in [0.2, 0.25) is 0 Å². The molecule has 0 atom stereocenters. The molecule has 2 heterocycles. The highest BCUT2D eigenvalue weighted by molar-refractivity contribution is 7.09. The summed E-state index contributed by atoms with van der Waals surface area (Å²) in [5.74, 6) is 0. The Bertz CT molecular complexity index is 412. The van der Waals surface area contributed by atoms with Gasteiger partial charge in [-0.25, -0.2) is 4.98 Å². The molecule has 0 fully saturated rings. The second kappa shape index (κ2) is 4.95. The van der Waals surface area contributed by atoms with Gasteiger partial charge in [-0.1, -0.05) is 0 Å². The zero-order chi connectivity index (χ0) is 10.5. The molecule has 0 aliphatic carbocycles. The van der Waals surface area contributed by atoms with Crippen LogP contribution in [0.25, 0.3) is 0 Å². The van der Waals surface area contributed by atoms with Gasteiger partial charge < -0.3 is 5.32 Å². The standard InChI is InChI=1S/C10H12N4S/c1-8-7-15-10(14-8)6-12-5-9-4-11-2-3-13-9/h2-4,7,12H,5-6H2,1H3. The molecule has 0 spiro atoms. The largest absolute Gasteiger partial charge is 0.305 e. The van der Waals surface area contributed by atoms with E-state index in [1.165, 1.54) is 0 Å². The van der Waals surface area contributed by atoms with Gasteiger partial charge in [-0.3, -0.25) is 9.97 Å². The van der Waals surface area contributed by atoms with Crippen molar-refractivity contribution in [3.05, 3.63) is 40.4 Å². The van der Waals surface area contributed by atoms with Crippen molar-refractivity contribution in [2.75, 3.05) is 0 Å². The molecule has 0 aliphatic rings. The average molecular weight is 220 g/mol. The van der Waals surface area contributed by atoms with E-state index < -0.39 is 0 Å². The Morgan fingerprint density at radius 1 is 1.33 bits per heavy atom. The number of aromatic nitrogens is 3. The van der Waals surface area contributed by atoms with Gasteiger partial charge in [-0.2, -0.15) is 0 Å². The van der Waals surface area contributed by atoms with Gasteiger partial charge in [-0.15, -0.1) is 11.3 Å². The first kappa shape index (κ1) is 10.2. The van der Waals surface area contributed by atoms with E-state index in [-0.39, 0.29) is 0 Å². The third-order valence-corrected chi connectivity index (χ3v) is 2.83. The maximum absolute atomic E-state index is 4.36. The molecule has 0 aromatic carbocycles. The van der Waals surface area contributed by atoms with E-state index in [4.69, 9.17) is 0 Å². The lowest BCUT2D eigenvalue weighted by atomic mass is 10.4. The van der Waals surface area contributed by atoms with E-state index in [9.17, 15) is 0 Å². The molecule has 0 amide bonds. The molecule has 15 heavy (non-hydrogen) atoms. The number of nitrogens with one attached hydrogen (secondary N) is 1. The van der Waals surface area contributed by atoms with Crippen LogP contribution >= 0.6 is 11.3 Å². The molecule has 4 nitrogen and oxygen atoms in total. The van der Waals surface area contributed by atoms with Crippen LogP contribution in [0.3, 0.4) is 0 Å². The number of nitrogens with zero attached hydrogens (tertiary/aromatic N) is 3. The van der Waals surface area contributed by atoms with Crippen molar-refractivity contribution in [2.45, 2.75) is 20.0 Å². The predicted octanol–water partition coefficient (Wildman–Crippen LogP) is 1.53. The Labute approximate surface area is 92.4 Å². The van der Waals surface area contributed by atoms with Gasteiger partial charge in [0.1, 0.15) is 5.01 Å². The molecule has 0 aliphatic heterocycles. The highest BCUT2D eigenvalue weighted by Crippen LogP contribution is 2.07. The Morgan fingerprint density at radius 3 is 2.93 bits per heavy atom. The third-order valence-electron chi connectivity index (χ3n) is 1.87. The molecule has 0 radical (unpaired) electrons. The third kappa shape index (κ3) is 3.07. The van der Waals surface area contributed by atoms with Gasteiger partial charge in [-0.05, 0) is 6.92 Å². The average Bonchev–Trinajstić information content (AvgIpc) is 2.66. The molecule has 2 aromatic rings. The van der Waals surface area contributed by atoms with Gasteiger partial charge in [0.15, 0.2) is 0 Å². The van der Waals surface area contributed by atoms with E-state index >= 15 is 0 Å². The van der Waals surface area contributed by atoms with E-state index in [0.29, 0.717) is 0 Å². The summed E-state index contributed by atoms with van der Waals surface area (Å²) >= 11 is 1.68. The molecule has 0 bridgehead atoms. The zero-order valence-corrected chi connectivity index (χ0v) is 9.29. The van der Waals surface area contributed by atoms with Gasteiger partial charge in [0, 0.05) is 42.8 Å². The van der Waals surface area contributed by atoms with Crippen molar-refractivity contribution in [3.63, 3.8) is 0 Å². The normalized spacial score (nSPS) is 10.5. The lowest BCUT2D eigenvalue weighted by Gasteiger charge is -2.00. The summed E-state index contributed by atoms with van der Waals surface area (Å²) in [5.41, 5.74) is 2.03. The highest BCUT2D eigenvalue weighted by Gasteiger charge is 1.98. The van der Waals surface area contributed by atoms with Crippen LogP contribution in [0.4, 0.5) is 0 Å².